The summed E-state index contributed by atoms with van der Waals surface area (Å²) in [5, 5.41) is 35.8. The number of rotatable bonds is 7. The molecule has 0 amide bonds. The van der Waals surface area contributed by atoms with Gasteiger partial charge in [0, 0.05) is 29.6 Å². The molecular formula is C21H28N2O6. The lowest BCUT2D eigenvalue weighted by Gasteiger charge is -2.58. The molecule has 6 atom stereocenters. The summed E-state index contributed by atoms with van der Waals surface area (Å²) < 4.78 is 0. The number of para-hydroxylation sites is 1. The third-order valence-corrected chi connectivity index (χ3v) is 6.89. The molecule has 0 aromatic heterocycles. The number of allylic oxidation sites excluding steroid dienone is 1. The van der Waals surface area contributed by atoms with Crippen LogP contribution < -0.4 is 5.32 Å². The topological polar surface area (TPSA) is 130 Å². The number of benzene rings is 1. The van der Waals surface area contributed by atoms with Crippen LogP contribution in [-0.2, 0) is 9.59 Å². The summed E-state index contributed by atoms with van der Waals surface area (Å²) in [7, 11) is 0. The van der Waals surface area contributed by atoms with E-state index >= 15 is 0 Å². The van der Waals surface area contributed by atoms with Crippen LogP contribution in [0.15, 0.2) is 36.9 Å². The van der Waals surface area contributed by atoms with Crippen molar-refractivity contribution >= 4 is 17.6 Å². The summed E-state index contributed by atoms with van der Waals surface area (Å²) in [4.78, 5) is 36.7. The molecule has 8 nitrogen and oxygen atoms in total. The molecule has 0 aliphatic carbocycles. The van der Waals surface area contributed by atoms with Crippen molar-refractivity contribution in [2.24, 2.45) is 16.7 Å². The number of carboxylic acids is 2. The van der Waals surface area contributed by atoms with Crippen molar-refractivity contribution in [2.45, 2.75) is 52.1 Å². The Labute approximate surface area is 169 Å². The van der Waals surface area contributed by atoms with E-state index in [9.17, 15) is 29.9 Å². The molecule has 6 unspecified atom stereocenters. The van der Waals surface area contributed by atoms with E-state index in [0.717, 1.165) is 0 Å². The Balaban J connectivity index is 3.07. The van der Waals surface area contributed by atoms with Crippen LogP contribution in [0.3, 0.4) is 0 Å². The van der Waals surface area contributed by atoms with Crippen LogP contribution in [0.2, 0.25) is 0 Å². The Hall–Kier alpha value is -2.74. The van der Waals surface area contributed by atoms with Gasteiger partial charge in [0.2, 0.25) is 0 Å². The number of hydrogen-bond acceptors (Lipinski definition) is 5. The molecular weight excluding hydrogens is 376 g/mol. The molecule has 1 aromatic carbocycles. The molecule has 1 aliphatic rings. The fourth-order valence-electron chi connectivity index (χ4n) is 5.35. The van der Waals surface area contributed by atoms with Gasteiger partial charge in [0.25, 0.3) is 5.69 Å². The van der Waals surface area contributed by atoms with Crippen molar-refractivity contribution < 1.29 is 24.7 Å². The van der Waals surface area contributed by atoms with Gasteiger partial charge in [-0.15, -0.1) is 6.58 Å². The second kappa shape index (κ2) is 7.94. The molecule has 8 heteroatoms. The van der Waals surface area contributed by atoms with Gasteiger partial charge in [-0.05, 0) is 26.2 Å². The molecule has 158 valence electrons. The highest BCUT2D eigenvalue weighted by Crippen LogP contribution is 2.61. The third kappa shape index (κ3) is 3.02. The fourth-order valence-corrected chi connectivity index (χ4v) is 5.35. The van der Waals surface area contributed by atoms with Gasteiger partial charge in [-0.3, -0.25) is 19.7 Å². The number of piperidine rings is 1. The van der Waals surface area contributed by atoms with Gasteiger partial charge in [-0.2, -0.15) is 0 Å². The number of nitro benzene ring substituents is 1. The van der Waals surface area contributed by atoms with Crippen LogP contribution in [-0.4, -0.2) is 39.2 Å². The van der Waals surface area contributed by atoms with Crippen molar-refractivity contribution in [3.63, 3.8) is 0 Å². The summed E-state index contributed by atoms with van der Waals surface area (Å²) in [6, 6.07) is 4.56. The van der Waals surface area contributed by atoms with Crippen LogP contribution in [0, 0.1) is 26.9 Å². The normalized spacial score (nSPS) is 32.9. The van der Waals surface area contributed by atoms with E-state index in [1.54, 1.807) is 33.8 Å². The minimum atomic E-state index is -1.66. The average molecular weight is 404 g/mol. The highest BCUT2D eigenvalue weighted by molar-refractivity contribution is 5.85. The predicted molar refractivity (Wildman–Crippen MR) is 108 cm³/mol. The van der Waals surface area contributed by atoms with Crippen molar-refractivity contribution in [2.75, 3.05) is 0 Å². The monoisotopic (exact) mass is 404 g/mol. The fraction of sp³-hybridized carbons (Fsp3) is 0.524. The molecule has 1 fully saturated rings. The summed E-state index contributed by atoms with van der Waals surface area (Å²) in [5.74, 6) is -4.21. The lowest BCUT2D eigenvalue weighted by Crippen LogP contribution is -2.71. The summed E-state index contributed by atoms with van der Waals surface area (Å²) in [6.07, 6.45) is 1.57. The first-order valence-electron chi connectivity index (χ1n) is 9.62. The SMILES string of the molecule is C=CC(C)C1(C(=O)O)C(C)NC(C)C(CC)(C(=O)O)C1c1ccccc1[N+](=O)[O-]. The molecule has 1 heterocycles. The lowest BCUT2D eigenvalue weighted by atomic mass is 9.47. The summed E-state index contributed by atoms with van der Waals surface area (Å²) in [6.45, 7) is 10.5. The number of nitrogens with zero attached hydrogens (tertiary/aromatic N) is 1. The first-order chi connectivity index (χ1) is 13.5. The Kier molecular flexibility index (Phi) is 6.18. The van der Waals surface area contributed by atoms with E-state index < -0.39 is 51.6 Å². The molecule has 3 N–H and O–H groups in total. The molecule has 1 saturated heterocycles. The Morgan fingerprint density at radius 1 is 1.28 bits per heavy atom. The number of carbonyl (C=O) groups is 2. The minimum Gasteiger partial charge on any atom is -0.481 e. The van der Waals surface area contributed by atoms with Crippen molar-refractivity contribution in [3.8, 4) is 0 Å². The molecule has 2 rings (SSSR count). The van der Waals surface area contributed by atoms with Gasteiger partial charge < -0.3 is 15.5 Å². The quantitative estimate of drug-likeness (QED) is 0.360. The number of nitro groups is 1. The standard InChI is InChI=1S/C21H28N2O6/c1-6-12(3)21(19(26)27)14(5)22-13(4)20(7-2,18(24)25)17(21)15-10-8-9-11-16(15)23(28)29/h6,8-14,17,22H,1,7H2,2-5H3,(H,24,25)(H,26,27). The van der Waals surface area contributed by atoms with E-state index in [1.807, 2.05) is 0 Å². The van der Waals surface area contributed by atoms with Crippen molar-refractivity contribution in [3.05, 3.63) is 52.6 Å². The Bertz CT molecular complexity index is 840. The molecule has 1 aliphatic heterocycles. The zero-order chi connectivity index (χ0) is 22.1. The van der Waals surface area contributed by atoms with E-state index in [4.69, 9.17) is 0 Å². The number of hydrogen-bond donors (Lipinski definition) is 3. The number of carboxylic acid groups (broad SMARTS) is 2. The summed E-state index contributed by atoms with van der Waals surface area (Å²) in [5.41, 5.74) is -3.39. The number of aliphatic carboxylic acids is 2. The Morgan fingerprint density at radius 3 is 2.31 bits per heavy atom. The smallest absolute Gasteiger partial charge is 0.312 e. The highest BCUT2D eigenvalue weighted by Gasteiger charge is 2.68. The second-order valence-corrected chi connectivity index (χ2v) is 7.82. The van der Waals surface area contributed by atoms with Crippen LogP contribution in [0.5, 0.6) is 0 Å². The van der Waals surface area contributed by atoms with E-state index in [2.05, 4.69) is 11.9 Å². The van der Waals surface area contributed by atoms with Gasteiger partial charge in [-0.25, -0.2) is 0 Å². The number of nitrogens with one attached hydrogen (secondary N) is 1. The van der Waals surface area contributed by atoms with Gasteiger partial charge >= 0.3 is 11.9 Å². The molecule has 0 bridgehead atoms. The predicted octanol–water partition coefficient (Wildman–Crippen LogP) is 3.43. The zero-order valence-electron chi connectivity index (χ0n) is 17.1. The third-order valence-electron chi connectivity index (χ3n) is 6.89. The zero-order valence-corrected chi connectivity index (χ0v) is 17.1. The molecule has 0 spiro atoms. The molecule has 1 aromatic rings. The van der Waals surface area contributed by atoms with Crippen molar-refractivity contribution in [1.29, 1.82) is 0 Å². The van der Waals surface area contributed by atoms with Gasteiger partial charge in [0.15, 0.2) is 0 Å². The maximum atomic E-state index is 12.8. The van der Waals surface area contributed by atoms with Crippen LogP contribution in [0.1, 0.15) is 45.6 Å². The van der Waals surface area contributed by atoms with Crippen LogP contribution in [0.4, 0.5) is 5.69 Å². The van der Waals surface area contributed by atoms with E-state index in [0.29, 0.717) is 0 Å². The van der Waals surface area contributed by atoms with E-state index in [1.165, 1.54) is 24.3 Å². The maximum Gasteiger partial charge on any atom is 0.312 e. The van der Waals surface area contributed by atoms with Crippen molar-refractivity contribution in [1.82, 2.24) is 5.32 Å². The maximum absolute atomic E-state index is 12.8. The first kappa shape index (κ1) is 22.5. The molecule has 29 heavy (non-hydrogen) atoms. The first-order valence-corrected chi connectivity index (χ1v) is 9.62. The van der Waals surface area contributed by atoms with Gasteiger partial charge in [0.05, 0.1) is 15.8 Å². The van der Waals surface area contributed by atoms with Gasteiger partial charge in [0.1, 0.15) is 0 Å². The second-order valence-electron chi connectivity index (χ2n) is 7.82. The van der Waals surface area contributed by atoms with Crippen LogP contribution >= 0.6 is 0 Å². The average Bonchev–Trinajstić information content (AvgIpc) is 2.66. The lowest BCUT2D eigenvalue weighted by molar-refractivity contribution is -0.386. The molecule has 0 saturated carbocycles. The summed E-state index contributed by atoms with van der Waals surface area (Å²) >= 11 is 0. The van der Waals surface area contributed by atoms with E-state index in [-0.39, 0.29) is 17.7 Å². The molecule has 0 radical (unpaired) electrons. The highest BCUT2D eigenvalue weighted by atomic mass is 16.6. The Morgan fingerprint density at radius 2 is 1.86 bits per heavy atom. The largest absolute Gasteiger partial charge is 0.481 e. The van der Waals surface area contributed by atoms with Crippen LogP contribution in [0.25, 0.3) is 0 Å². The minimum absolute atomic E-state index is 0.0961. The van der Waals surface area contributed by atoms with Gasteiger partial charge in [-0.1, -0.05) is 38.1 Å².